The maximum absolute atomic E-state index is 5.94. The standard InChI is InChI=1S/C20H32OSi/c1-9-19-12-10-11-18(8)20(19)21-13-14-22(15(2)3,16(4)5)17(6)7/h10-12,15-17H,9H2,1-8H3. The number of aryl methyl sites for hydroxylation is 2. The van der Waals surface area contributed by atoms with Gasteiger partial charge in [-0.15, -0.1) is 0 Å². The summed E-state index contributed by atoms with van der Waals surface area (Å²) in [5.74, 6) is 0.955. The lowest BCUT2D eigenvalue weighted by atomic mass is 10.1. The minimum Gasteiger partial charge on any atom is -0.408 e. The maximum Gasteiger partial charge on any atom is 0.150 e. The van der Waals surface area contributed by atoms with Gasteiger partial charge in [-0.1, -0.05) is 72.2 Å². The molecule has 122 valence electrons. The van der Waals surface area contributed by atoms with Crippen LogP contribution >= 0.6 is 0 Å². The molecular weight excluding hydrogens is 284 g/mol. The second kappa shape index (κ2) is 7.88. The van der Waals surface area contributed by atoms with Crippen molar-refractivity contribution < 1.29 is 4.74 Å². The fourth-order valence-electron chi connectivity index (χ4n) is 3.74. The average Bonchev–Trinajstić information content (AvgIpc) is 2.43. The molecule has 0 unspecified atom stereocenters. The molecular formula is C20H32OSi. The van der Waals surface area contributed by atoms with Crippen LogP contribution in [0.5, 0.6) is 5.75 Å². The number of ether oxygens (including phenoxy) is 1. The summed E-state index contributed by atoms with van der Waals surface area (Å²) >= 11 is 0. The van der Waals surface area contributed by atoms with Crippen molar-refractivity contribution in [2.75, 3.05) is 0 Å². The van der Waals surface area contributed by atoms with Gasteiger partial charge in [-0.2, -0.15) is 0 Å². The molecule has 0 saturated heterocycles. The Morgan fingerprint density at radius 3 is 2.00 bits per heavy atom. The quantitative estimate of drug-likeness (QED) is 0.470. The Hall–Kier alpha value is -1.20. The Kier molecular flexibility index (Phi) is 6.75. The first kappa shape index (κ1) is 18.8. The molecule has 0 aliphatic heterocycles. The van der Waals surface area contributed by atoms with Crippen molar-refractivity contribution >= 4 is 8.07 Å². The second-order valence-corrected chi connectivity index (χ2v) is 12.7. The molecule has 0 bridgehead atoms. The summed E-state index contributed by atoms with van der Waals surface area (Å²) in [5, 5.41) is 0. The van der Waals surface area contributed by atoms with Gasteiger partial charge in [-0.25, -0.2) is 0 Å². The van der Waals surface area contributed by atoms with Crippen molar-refractivity contribution in [2.45, 2.75) is 78.4 Å². The van der Waals surface area contributed by atoms with Gasteiger partial charge in [0.1, 0.15) is 11.9 Å². The molecule has 0 heterocycles. The summed E-state index contributed by atoms with van der Waals surface area (Å²) in [6, 6.07) is 6.31. The third-order valence-corrected chi connectivity index (χ3v) is 11.2. The Morgan fingerprint density at radius 1 is 1.00 bits per heavy atom. The van der Waals surface area contributed by atoms with Crippen molar-refractivity contribution in [1.29, 1.82) is 0 Å². The number of rotatable bonds is 5. The van der Waals surface area contributed by atoms with Crippen LogP contribution in [-0.4, -0.2) is 8.07 Å². The molecule has 0 spiro atoms. The van der Waals surface area contributed by atoms with E-state index in [4.69, 9.17) is 4.74 Å². The normalized spacial score (nSPS) is 11.8. The largest absolute Gasteiger partial charge is 0.408 e. The fourth-order valence-corrected chi connectivity index (χ4v) is 8.83. The lowest BCUT2D eigenvalue weighted by Crippen LogP contribution is -2.43. The van der Waals surface area contributed by atoms with Crippen LogP contribution in [0.3, 0.4) is 0 Å². The molecule has 22 heavy (non-hydrogen) atoms. The van der Waals surface area contributed by atoms with E-state index in [-0.39, 0.29) is 0 Å². The SMILES string of the molecule is CCc1cccc(C)c1OC#C[Si](C(C)C)(C(C)C)C(C)C. The smallest absolute Gasteiger partial charge is 0.150 e. The van der Waals surface area contributed by atoms with Crippen LogP contribution in [0.4, 0.5) is 0 Å². The van der Waals surface area contributed by atoms with Gasteiger partial charge in [0.05, 0.1) is 0 Å². The van der Waals surface area contributed by atoms with E-state index in [2.05, 4.69) is 85.2 Å². The van der Waals surface area contributed by atoms with Gasteiger partial charge in [-0.05, 0) is 41.1 Å². The Morgan fingerprint density at radius 2 is 1.55 bits per heavy atom. The van der Waals surface area contributed by atoms with E-state index in [1.165, 1.54) is 11.1 Å². The first-order valence-corrected chi connectivity index (χ1v) is 10.8. The van der Waals surface area contributed by atoms with Crippen LogP contribution < -0.4 is 4.74 Å². The summed E-state index contributed by atoms with van der Waals surface area (Å²) in [5.41, 5.74) is 7.92. The van der Waals surface area contributed by atoms with Crippen molar-refractivity contribution in [2.24, 2.45) is 0 Å². The molecule has 0 fully saturated rings. The van der Waals surface area contributed by atoms with Crippen LogP contribution in [0, 0.1) is 18.6 Å². The molecule has 2 heteroatoms. The zero-order valence-electron chi connectivity index (χ0n) is 15.6. The molecule has 1 aromatic carbocycles. The van der Waals surface area contributed by atoms with E-state index in [0.717, 1.165) is 12.2 Å². The minimum atomic E-state index is -1.71. The molecule has 0 saturated carbocycles. The number of hydrogen-bond donors (Lipinski definition) is 0. The van der Waals surface area contributed by atoms with Crippen LogP contribution in [0.2, 0.25) is 16.6 Å². The van der Waals surface area contributed by atoms with Crippen molar-refractivity contribution in [3.05, 3.63) is 29.3 Å². The minimum absolute atomic E-state index is 0.631. The lowest BCUT2D eigenvalue weighted by Gasteiger charge is -2.37. The zero-order chi connectivity index (χ0) is 16.9. The molecule has 0 amide bonds. The van der Waals surface area contributed by atoms with E-state index >= 15 is 0 Å². The highest BCUT2D eigenvalue weighted by molar-refractivity contribution is 6.90. The van der Waals surface area contributed by atoms with E-state index in [1.807, 2.05) is 0 Å². The highest BCUT2D eigenvalue weighted by Gasteiger charge is 2.42. The Balaban J connectivity index is 3.17. The van der Waals surface area contributed by atoms with E-state index in [9.17, 15) is 0 Å². The first-order valence-electron chi connectivity index (χ1n) is 8.54. The molecule has 1 nitrogen and oxygen atoms in total. The van der Waals surface area contributed by atoms with Crippen molar-refractivity contribution in [1.82, 2.24) is 0 Å². The van der Waals surface area contributed by atoms with Gasteiger partial charge in [0, 0.05) is 0 Å². The first-order chi connectivity index (χ1) is 10.3. The van der Waals surface area contributed by atoms with Crippen molar-refractivity contribution in [3.63, 3.8) is 0 Å². The van der Waals surface area contributed by atoms with E-state index < -0.39 is 8.07 Å². The number of para-hydroxylation sites is 1. The average molecular weight is 317 g/mol. The third-order valence-electron chi connectivity index (χ3n) is 4.96. The molecule has 1 aromatic rings. The van der Waals surface area contributed by atoms with E-state index in [0.29, 0.717) is 16.6 Å². The third kappa shape index (κ3) is 3.76. The van der Waals surface area contributed by atoms with Gasteiger partial charge in [0.2, 0.25) is 0 Å². The van der Waals surface area contributed by atoms with Crippen LogP contribution in [-0.2, 0) is 6.42 Å². The fraction of sp³-hybridized carbons (Fsp3) is 0.600. The molecule has 0 atom stereocenters. The van der Waals surface area contributed by atoms with E-state index in [1.54, 1.807) is 0 Å². The summed E-state index contributed by atoms with van der Waals surface area (Å²) in [7, 11) is -1.71. The number of benzene rings is 1. The van der Waals surface area contributed by atoms with Crippen LogP contribution in [0.1, 0.15) is 59.6 Å². The Bertz CT molecular complexity index is 525. The summed E-state index contributed by atoms with van der Waals surface area (Å²) in [6.45, 7) is 18.2. The molecule has 0 radical (unpaired) electrons. The molecule has 1 rings (SSSR count). The summed E-state index contributed by atoms with van der Waals surface area (Å²) < 4.78 is 5.94. The second-order valence-electron chi connectivity index (χ2n) is 7.14. The maximum atomic E-state index is 5.94. The highest BCUT2D eigenvalue weighted by atomic mass is 28.3. The number of hydrogen-bond acceptors (Lipinski definition) is 1. The topological polar surface area (TPSA) is 9.23 Å². The van der Waals surface area contributed by atoms with Gasteiger partial charge >= 0.3 is 0 Å². The predicted molar refractivity (Wildman–Crippen MR) is 100 cm³/mol. The summed E-state index contributed by atoms with van der Waals surface area (Å²) in [4.78, 5) is 0. The monoisotopic (exact) mass is 316 g/mol. The molecule has 0 N–H and O–H groups in total. The Labute approximate surface area is 138 Å². The molecule has 0 aliphatic rings. The van der Waals surface area contributed by atoms with Crippen LogP contribution in [0.15, 0.2) is 18.2 Å². The van der Waals surface area contributed by atoms with Gasteiger partial charge in [-0.3, -0.25) is 0 Å². The predicted octanol–water partition coefficient (Wildman–Crippen LogP) is 6.12. The zero-order valence-corrected chi connectivity index (χ0v) is 16.6. The molecule has 0 aromatic heterocycles. The lowest BCUT2D eigenvalue weighted by molar-refractivity contribution is 0.509. The summed E-state index contributed by atoms with van der Waals surface area (Å²) in [6.07, 6.45) is 4.09. The highest BCUT2D eigenvalue weighted by Crippen LogP contribution is 2.40. The van der Waals surface area contributed by atoms with Crippen LogP contribution in [0.25, 0.3) is 0 Å². The van der Waals surface area contributed by atoms with Gasteiger partial charge in [0.15, 0.2) is 8.07 Å². The van der Waals surface area contributed by atoms with Gasteiger partial charge < -0.3 is 4.74 Å². The van der Waals surface area contributed by atoms with Crippen molar-refractivity contribution in [3.8, 4) is 17.4 Å². The van der Waals surface area contributed by atoms with Gasteiger partial charge in [0.25, 0.3) is 0 Å². The molecule has 0 aliphatic carbocycles.